The Hall–Kier alpha value is -3.84. The minimum atomic E-state index is -4.62. The summed E-state index contributed by atoms with van der Waals surface area (Å²) in [6.07, 6.45) is -1.28. The molecular formula is C28H27ClN2O9S. The topological polar surface area (TPSA) is 143 Å². The van der Waals surface area contributed by atoms with Gasteiger partial charge in [-0.25, -0.2) is 12.7 Å². The van der Waals surface area contributed by atoms with Crippen molar-refractivity contribution >= 4 is 39.2 Å². The number of ether oxygens (including phenoxy) is 3. The fraction of sp³-hybridized carbons (Fsp3) is 0.286. The monoisotopic (exact) mass is 602 g/mol. The number of amides is 1. The fourth-order valence-electron chi connectivity index (χ4n) is 5.72. The fourth-order valence-corrected chi connectivity index (χ4v) is 7.37. The molecule has 0 saturated carbocycles. The van der Waals surface area contributed by atoms with Gasteiger partial charge in [0.2, 0.25) is 0 Å². The summed E-state index contributed by atoms with van der Waals surface area (Å²) in [6, 6.07) is 13.3. The summed E-state index contributed by atoms with van der Waals surface area (Å²) in [5, 5.41) is 21.0. The molecule has 1 fully saturated rings. The van der Waals surface area contributed by atoms with Crippen molar-refractivity contribution in [2.45, 2.75) is 29.0 Å². The third-order valence-electron chi connectivity index (χ3n) is 7.45. The maximum atomic E-state index is 14.9. The van der Waals surface area contributed by atoms with E-state index in [1.807, 2.05) is 0 Å². The first-order chi connectivity index (χ1) is 19.5. The number of hydrogen-bond acceptors (Lipinski definition) is 9. The number of nitrogens with zero attached hydrogens (tertiary/aromatic N) is 2. The molecule has 2 aliphatic heterocycles. The summed E-state index contributed by atoms with van der Waals surface area (Å²) < 4.78 is 45.4. The molecule has 3 aromatic carbocycles. The Morgan fingerprint density at radius 2 is 1.63 bits per heavy atom. The summed E-state index contributed by atoms with van der Waals surface area (Å²) in [4.78, 5) is 28.4. The highest BCUT2D eigenvalue weighted by Crippen LogP contribution is 2.55. The smallest absolute Gasteiger partial charge is 0.321 e. The number of methoxy groups -OCH3 is 3. The van der Waals surface area contributed by atoms with Crippen LogP contribution in [0.5, 0.6) is 17.2 Å². The van der Waals surface area contributed by atoms with Gasteiger partial charge in [-0.1, -0.05) is 29.8 Å². The molecule has 0 aromatic heterocycles. The molecular weight excluding hydrogens is 576 g/mol. The van der Waals surface area contributed by atoms with Crippen LogP contribution in [0, 0.1) is 0 Å². The van der Waals surface area contributed by atoms with Crippen LogP contribution in [0.15, 0.2) is 65.6 Å². The lowest BCUT2D eigenvalue weighted by molar-refractivity contribution is -0.145. The van der Waals surface area contributed by atoms with Crippen molar-refractivity contribution in [3.05, 3.63) is 76.8 Å². The number of aliphatic carboxylic acids is 1. The van der Waals surface area contributed by atoms with Gasteiger partial charge in [-0.3, -0.25) is 14.5 Å². The number of aliphatic hydroxyl groups excluding tert-OH is 1. The lowest BCUT2D eigenvalue weighted by Gasteiger charge is -2.40. The molecule has 3 atom stereocenters. The molecule has 1 amide bonds. The highest BCUT2D eigenvalue weighted by Gasteiger charge is 2.63. The van der Waals surface area contributed by atoms with E-state index in [0.717, 1.165) is 0 Å². The molecule has 13 heteroatoms. The zero-order valence-corrected chi connectivity index (χ0v) is 23.8. The summed E-state index contributed by atoms with van der Waals surface area (Å²) in [5.74, 6) is -1.64. The molecule has 0 spiro atoms. The van der Waals surface area contributed by atoms with E-state index in [9.17, 15) is 28.2 Å². The quantitative estimate of drug-likeness (QED) is 0.395. The zero-order valence-electron chi connectivity index (χ0n) is 22.3. The number of carboxylic acid groups (broad SMARTS) is 1. The molecule has 2 heterocycles. The van der Waals surface area contributed by atoms with Crippen LogP contribution in [0.3, 0.4) is 0 Å². The lowest BCUT2D eigenvalue weighted by Crippen LogP contribution is -2.58. The molecule has 216 valence electrons. The van der Waals surface area contributed by atoms with Gasteiger partial charge in [-0.05, 0) is 36.4 Å². The molecule has 2 N–H and O–H groups in total. The Kier molecular flexibility index (Phi) is 7.36. The SMILES string of the molecule is COc1ccc(S(=O)(=O)N2C(=O)C(c3ccccc3OC)(N3C[C@H](O)C[C@H]3C(=O)O)c3cc(Cl)ccc32)cc1OC. The molecule has 3 aromatic rings. The zero-order chi connectivity index (χ0) is 29.7. The largest absolute Gasteiger partial charge is 0.496 e. The van der Waals surface area contributed by atoms with Crippen molar-refractivity contribution in [3.63, 3.8) is 0 Å². The van der Waals surface area contributed by atoms with Crippen LogP contribution in [0.4, 0.5) is 5.69 Å². The lowest BCUT2D eigenvalue weighted by atomic mass is 9.81. The highest BCUT2D eigenvalue weighted by molar-refractivity contribution is 7.93. The van der Waals surface area contributed by atoms with Crippen molar-refractivity contribution in [1.29, 1.82) is 0 Å². The second-order valence-corrected chi connectivity index (χ2v) is 11.8. The minimum Gasteiger partial charge on any atom is -0.496 e. The highest BCUT2D eigenvalue weighted by atomic mass is 35.5. The van der Waals surface area contributed by atoms with E-state index < -0.39 is 39.6 Å². The predicted octanol–water partition coefficient (Wildman–Crippen LogP) is 2.86. The Bertz CT molecular complexity index is 1650. The van der Waals surface area contributed by atoms with E-state index in [2.05, 4.69) is 0 Å². The number of carboxylic acids is 1. The Balaban J connectivity index is 1.85. The summed E-state index contributed by atoms with van der Waals surface area (Å²) in [6.45, 7) is -0.239. The van der Waals surface area contributed by atoms with E-state index >= 15 is 0 Å². The number of β-amino-alcohol motifs (C(OH)–C–C–N with tert-alkyl or cyclic N) is 1. The number of carbonyl (C=O) groups is 2. The number of anilines is 1. The number of benzene rings is 3. The Labute approximate surface area is 241 Å². The van der Waals surface area contributed by atoms with Crippen molar-refractivity contribution in [1.82, 2.24) is 4.90 Å². The van der Waals surface area contributed by atoms with E-state index in [1.54, 1.807) is 24.3 Å². The van der Waals surface area contributed by atoms with E-state index in [4.69, 9.17) is 25.8 Å². The molecule has 0 radical (unpaired) electrons. The number of halogens is 1. The second-order valence-electron chi connectivity index (χ2n) is 9.56. The molecule has 11 nitrogen and oxygen atoms in total. The molecule has 1 saturated heterocycles. The van der Waals surface area contributed by atoms with Gasteiger partial charge >= 0.3 is 5.97 Å². The number of carbonyl (C=O) groups excluding carboxylic acids is 1. The number of fused-ring (bicyclic) bond motifs is 1. The number of hydrogen-bond donors (Lipinski definition) is 2. The van der Waals surface area contributed by atoms with E-state index in [0.29, 0.717) is 4.31 Å². The number of likely N-dealkylation sites (tertiary alicyclic amines) is 1. The van der Waals surface area contributed by atoms with Crippen LogP contribution in [0.25, 0.3) is 0 Å². The summed E-state index contributed by atoms with van der Waals surface area (Å²) in [5.41, 5.74) is -1.74. The summed E-state index contributed by atoms with van der Waals surface area (Å²) >= 11 is 6.42. The van der Waals surface area contributed by atoms with E-state index in [1.165, 1.54) is 62.6 Å². The normalized spacial score (nSPS) is 22.5. The van der Waals surface area contributed by atoms with Crippen LogP contribution < -0.4 is 18.5 Å². The Morgan fingerprint density at radius 1 is 0.951 bits per heavy atom. The molecule has 1 unspecified atom stereocenters. The number of para-hydroxylation sites is 1. The summed E-state index contributed by atoms with van der Waals surface area (Å²) in [7, 11) is -0.483. The van der Waals surface area contributed by atoms with Crippen LogP contribution in [0.2, 0.25) is 5.02 Å². The standard InChI is InChI=1S/C28H27ClN2O9S/c1-38-23-7-5-4-6-19(23)28(30-15-17(32)13-22(30)26(33)34)20-12-16(29)8-10-21(20)31(27(28)35)41(36,37)18-9-11-24(39-2)25(14-18)40-3/h4-12,14,17,22,32H,13,15H2,1-3H3,(H,33,34)/t17-,22+,28?/m1/s1. The minimum absolute atomic E-state index is 0.0226. The van der Waals surface area contributed by atoms with Crippen LogP contribution in [-0.2, 0) is 25.2 Å². The van der Waals surface area contributed by atoms with Gasteiger partial charge in [0.15, 0.2) is 17.0 Å². The third kappa shape index (κ3) is 4.29. The predicted molar refractivity (Wildman–Crippen MR) is 148 cm³/mol. The molecule has 0 bridgehead atoms. The average Bonchev–Trinajstić information content (AvgIpc) is 3.47. The molecule has 0 aliphatic carbocycles. The maximum Gasteiger partial charge on any atom is 0.321 e. The first-order valence-corrected chi connectivity index (χ1v) is 14.3. The van der Waals surface area contributed by atoms with Gasteiger partial charge in [0, 0.05) is 35.2 Å². The van der Waals surface area contributed by atoms with Crippen LogP contribution in [0.1, 0.15) is 17.5 Å². The molecule has 2 aliphatic rings. The van der Waals surface area contributed by atoms with Crippen molar-refractivity contribution in [2.24, 2.45) is 0 Å². The van der Waals surface area contributed by atoms with Gasteiger partial charge in [0.05, 0.1) is 38.0 Å². The Morgan fingerprint density at radius 3 is 2.29 bits per heavy atom. The van der Waals surface area contributed by atoms with Crippen molar-refractivity contribution < 1.29 is 42.4 Å². The van der Waals surface area contributed by atoms with Gasteiger partial charge in [0.1, 0.15) is 11.8 Å². The average molecular weight is 603 g/mol. The molecule has 5 rings (SSSR count). The first kappa shape index (κ1) is 28.7. The first-order valence-electron chi connectivity index (χ1n) is 12.4. The third-order valence-corrected chi connectivity index (χ3v) is 9.37. The number of rotatable bonds is 8. The number of sulfonamides is 1. The van der Waals surface area contributed by atoms with Crippen molar-refractivity contribution in [2.75, 3.05) is 32.2 Å². The van der Waals surface area contributed by atoms with Crippen molar-refractivity contribution in [3.8, 4) is 17.2 Å². The van der Waals surface area contributed by atoms with Gasteiger partial charge in [-0.2, -0.15) is 0 Å². The van der Waals surface area contributed by atoms with Gasteiger partial charge < -0.3 is 24.4 Å². The molecule has 41 heavy (non-hydrogen) atoms. The second kappa shape index (κ2) is 10.5. The maximum absolute atomic E-state index is 14.9. The van der Waals surface area contributed by atoms with Gasteiger partial charge in [0.25, 0.3) is 15.9 Å². The van der Waals surface area contributed by atoms with Crippen LogP contribution in [-0.4, -0.2) is 75.4 Å². The van der Waals surface area contributed by atoms with Gasteiger partial charge in [-0.15, -0.1) is 0 Å². The van der Waals surface area contributed by atoms with E-state index in [-0.39, 0.29) is 56.9 Å². The van der Waals surface area contributed by atoms with Crippen LogP contribution >= 0.6 is 11.6 Å². The number of aliphatic hydroxyl groups is 1.